The lowest BCUT2D eigenvalue weighted by atomic mass is 9.95. The smallest absolute Gasteiger partial charge is 0.274 e. The van der Waals surface area contributed by atoms with Crippen molar-refractivity contribution >= 4 is 33.1 Å². The van der Waals surface area contributed by atoms with Crippen molar-refractivity contribution in [3.63, 3.8) is 0 Å². The second-order valence-corrected chi connectivity index (χ2v) is 10.0. The number of phenolic OH excluding ortho intramolecular Hbond substituents is 1. The lowest BCUT2D eigenvalue weighted by Crippen LogP contribution is -2.16. The van der Waals surface area contributed by atoms with Gasteiger partial charge in [-0.05, 0) is 55.2 Å². The molecule has 1 aliphatic carbocycles. The Morgan fingerprint density at radius 3 is 2.66 bits per heavy atom. The molecule has 6 rings (SSSR count). The van der Waals surface area contributed by atoms with Gasteiger partial charge in [-0.1, -0.05) is 31.9 Å². The number of H-pyrrole nitrogens is 2. The summed E-state index contributed by atoms with van der Waals surface area (Å²) in [5, 5.41) is 14.6. The van der Waals surface area contributed by atoms with Crippen LogP contribution in [0.4, 0.5) is 0 Å². The number of benzene rings is 2. The van der Waals surface area contributed by atoms with Gasteiger partial charge in [0, 0.05) is 10.9 Å². The first-order valence-electron chi connectivity index (χ1n) is 12.8. The molecule has 2 aromatic carbocycles. The van der Waals surface area contributed by atoms with Crippen molar-refractivity contribution in [1.29, 1.82) is 0 Å². The first-order chi connectivity index (χ1) is 18.4. The number of nitrogens with zero attached hydrogens (tertiary/aromatic N) is 1. The Kier molecular flexibility index (Phi) is 5.78. The highest BCUT2D eigenvalue weighted by molar-refractivity contribution is 6.15. The maximum Gasteiger partial charge on any atom is 0.274 e. The van der Waals surface area contributed by atoms with Gasteiger partial charge in [-0.2, -0.15) is 0 Å². The fourth-order valence-electron chi connectivity index (χ4n) is 5.50. The average molecular weight is 516 g/mol. The van der Waals surface area contributed by atoms with Crippen LogP contribution in [-0.2, 0) is 0 Å². The number of aromatic hydroxyl groups is 1. The van der Waals surface area contributed by atoms with Crippen LogP contribution in [-0.4, -0.2) is 33.6 Å². The minimum Gasteiger partial charge on any atom is -0.502 e. The Balaban J connectivity index is 1.68. The topological polar surface area (TPSA) is 122 Å². The van der Waals surface area contributed by atoms with E-state index in [1.165, 1.54) is 12.5 Å². The van der Waals surface area contributed by atoms with Gasteiger partial charge >= 0.3 is 0 Å². The Morgan fingerprint density at radius 1 is 1.13 bits per heavy atom. The highest BCUT2D eigenvalue weighted by atomic mass is 16.5. The molecule has 0 spiro atoms. The minimum atomic E-state index is -0.534. The Hall–Kier alpha value is -4.40. The van der Waals surface area contributed by atoms with Gasteiger partial charge in [0.1, 0.15) is 12.3 Å². The molecule has 0 unspecified atom stereocenters. The number of fused-ring (bicyclic) bond motifs is 4. The van der Waals surface area contributed by atoms with E-state index in [-0.39, 0.29) is 17.2 Å². The second-order valence-electron chi connectivity index (χ2n) is 10.0. The second kappa shape index (κ2) is 9.16. The van der Waals surface area contributed by atoms with E-state index in [1.807, 2.05) is 17.7 Å². The Morgan fingerprint density at radius 2 is 1.92 bits per heavy atom. The van der Waals surface area contributed by atoms with Crippen molar-refractivity contribution in [2.75, 3.05) is 13.7 Å². The summed E-state index contributed by atoms with van der Waals surface area (Å²) in [6.07, 6.45) is 5.31. The van der Waals surface area contributed by atoms with E-state index < -0.39 is 11.2 Å². The van der Waals surface area contributed by atoms with Crippen LogP contribution in [0.5, 0.6) is 17.2 Å². The highest BCUT2D eigenvalue weighted by Crippen LogP contribution is 2.43. The number of furan rings is 1. The van der Waals surface area contributed by atoms with Gasteiger partial charge in [0.25, 0.3) is 5.56 Å². The standard InChI is InChI=1S/C29H29N3O6/c1-15(2)14-37-20-12-9-16(13-21(20)36-3)22-23-28(32(31-29(23)35)17-7-5-4-6-8-17)30-24-18-10-11-19(33)25(34)26(18)38-27(22)24/h9-13,17,30,34H,1,4-8,14H2,2-3H3,(H,31,35). The molecule has 0 saturated heterocycles. The lowest BCUT2D eigenvalue weighted by Gasteiger charge is -2.23. The molecule has 1 fully saturated rings. The maximum atomic E-state index is 13.5. The van der Waals surface area contributed by atoms with Crippen LogP contribution in [0, 0.1) is 0 Å². The van der Waals surface area contributed by atoms with E-state index in [9.17, 15) is 14.7 Å². The average Bonchev–Trinajstić information content (AvgIpc) is 3.46. The van der Waals surface area contributed by atoms with Crippen molar-refractivity contribution < 1.29 is 19.0 Å². The van der Waals surface area contributed by atoms with Gasteiger partial charge in [0.15, 0.2) is 22.7 Å². The third-order valence-corrected chi connectivity index (χ3v) is 7.31. The molecular formula is C29H29N3O6. The third-order valence-electron chi connectivity index (χ3n) is 7.31. The number of hydrogen-bond donors (Lipinski definition) is 3. The van der Waals surface area contributed by atoms with E-state index >= 15 is 0 Å². The zero-order chi connectivity index (χ0) is 26.6. The predicted molar refractivity (Wildman–Crippen MR) is 147 cm³/mol. The first-order valence-corrected chi connectivity index (χ1v) is 12.8. The molecule has 9 nitrogen and oxygen atoms in total. The van der Waals surface area contributed by atoms with Gasteiger partial charge in [-0.3, -0.25) is 19.4 Å². The van der Waals surface area contributed by atoms with E-state index in [0.717, 1.165) is 31.3 Å². The molecule has 3 N–H and O–H groups in total. The van der Waals surface area contributed by atoms with Crippen molar-refractivity contribution in [3.8, 4) is 28.4 Å². The van der Waals surface area contributed by atoms with Crippen molar-refractivity contribution in [3.05, 3.63) is 63.1 Å². The molecular weight excluding hydrogens is 486 g/mol. The predicted octanol–water partition coefficient (Wildman–Crippen LogP) is 5.76. The summed E-state index contributed by atoms with van der Waals surface area (Å²) in [6.45, 7) is 6.10. The number of pyridine rings is 1. The van der Waals surface area contributed by atoms with Crippen molar-refractivity contribution in [2.24, 2.45) is 0 Å². The van der Waals surface area contributed by atoms with Crippen LogP contribution in [0.2, 0.25) is 0 Å². The van der Waals surface area contributed by atoms with Crippen LogP contribution in [0.25, 0.3) is 44.2 Å². The number of methoxy groups -OCH3 is 1. The normalized spacial score (nSPS) is 14.5. The van der Waals surface area contributed by atoms with Gasteiger partial charge in [0.2, 0.25) is 11.2 Å². The summed E-state index contributed by atoms with van der Waals surface area (Å²) in [7, 11) is 1.55. The summed E-state index contributed by atoms with van der Waals surface area (Å²) in [5.41, 5.74) is 2.95. The minimum absolute atomic E-state index is 0.0756. The van der Waals surface area contributed by atoms with E-state index in [0.29, 0.717) is 56.8 Å². The van der Waals surface area contributed by atoms with Crippen molar-refractivity contribution in [2.45, 2.75) is 45.1 Å². The summed E-state index contributed by atoms with van der Waals surface area (Å²) in [5.74, 6) is 0.566. The van der Waals surface area contributed by atoms with Crippen LogP contribution >= 0.6 is 0 Å². The summed E-state index contributed by atoms with van der Waals surface area (Å²) in [6, 6.07) is 8.52. The molecule has 5 aromatic rings. The number of phenols is 1. The monoisotopic (exact) mass is 515 g/mol. The largest absolute Gasteiger partial charge is 0.502 e. The molecule has 3 aromatic heterocycles. The molecule has 0 radical (unpaired) electrons. The van der Waals surface area contributed by atoms with Gasteiger partial charge in [-0.15, -0.1) is 0 Å². The van der Waals surface area contributed by atoms with Gasteiger partial charge < -0.3 is 24.0 Å². The zero-order valence-electron chi connectivity index (χ0n) is 21.3. The number of ether oxygens (including phenoxy) is 2. The molecule has 0 bridgehead atoms. The molecule has 0 atom stereocenters. The van der Waals surface area contributed by atoms with E-state index in [1.54, 1.807) is 25.3 Å². The number of aromatic nitrogens is 3. The molecule has 0 aliphatic heterocycles. The first kappa shape index (κ1) is 24.0. The summed E-state index contributed by atoms with van der Waals surface area (Å²) < 4.78 is 19.5. The number of hydrogen-bond acceptors (Lipinski definition) is 6. The number of nitrogens with one attached hydrogen (secondary N) is 2. The molecule has 1 saturated carbocycles. The third kappa shape index (κ3) is 3.77. The number of rotatable bonds is 6. The molecule has 38 heavy (non-hydrogen) atoms. The Labute approximate surface area is 217 Å². The molecule has 1 aliphatic rings. The van der Waals surface area contributed by atoms with Crippen molar-refractivity contribution in [1.82, 2.24) is 14.8 Å². The quantitative estimate of drug-likeness (QED) is 0.247. The summed E-state index contributed by atoms with van der Waals surface area (Å²) in [4.78, 5) is 29.1. The molecule has 196 valence electrons. The van der Waals surface area contributed by atoms with E-state index in [2.05, 4.69) is 16.7 Å². The van der Waals surface area contributed by atoms with Crippen LogP contribution in [0.3, 0.4) is 0 Å². The van der Waals surface area contributed by atoms with Crippen LogP contribution in [0.1, 0.15) is 45.1 Å². The molecule has 9 heteroatoms. The molecule has 3 heterocycles. The zero-order valence-corrected chi connectivity index (χ0v) is 21.3. The summed E-state index contributed by atoms with van der Waals surface area (Å²) >= 11 is 0. The Bertz CT molecular complexity index is 1830. The maximum absolute atomic E-state index is 13.5. The van der Waals surface area contributed by atoms with Gasteiger partial charge in [-0.25, -0.2) is 0 Å². The van der Waals surface area contributed by atoms with Gasteiger partial charge in [0.05, 0.1) is 24.1 Å². The van der Waals surface area contributed by atoms with Crippen LogP contribution in [0.15, 0.2) is 56.5 Å². The van der Waals surface area contributed by atoms with E-state index in [4.69, 9.17) is 13.9 Å². The van der Waals surface area contributed by atoms with Crippen LogP contribution < -0.4 is 20.5 Å². The lowest BCUT2D eigenvalue weighted by molar-refractivity contribution is 0.320. The number of aromatic amines is 2. The fourth-order valence-corrected chi connectivity index (χ4v) is 5.50. The fraction of sp³-hybridized carbons (Fsp3) is 0.310. The SMILES string of the molecule is C=C(C)COc1ccc(-c2c3oc4c(O)c(=O)ccc4c3[nH]c3c2c(=O)[nH]n3C2CCCCC2)cc1OC. The molecule has 0 amide bonds. The highest BCUT2D eigenvalue weighted by Gasteiger charge is 2.26.